The van der Waals surface area contributed by atoms with Crippen LogP contribution in [0.5, 0.6) is 5.75 Å². The van der Waals surface area contributed by atoms with Crippen molar-refractivity contribution >= 4 is 23.2 Å². The van der Waals surface area contributed by atoms with E-state index in [9.17, 15) is 14.0 Å². The van der Waals surface area contributed by atoms with Crippen LogP contribution in [-0.2, 0) is 0 Å². The first kappa shape index (κ1) is 19.0. The van der Waals surface area contributed by atoms with Crippen molar-refractivity contribution in [2.45, 2.75) is 6.92 Å². The molecule has 0 spiro atoms. The second-order valence-corrected chi connectivity index (χ2v) is 5.81. The lowest BCUT2D eigenvalue weighted by molar-refractivity contribution is 0.102. The Hall–Kier alpha value is -3.74. The highest BCUT2D eigenvalue weighted by atomic mass is 19.1. The normalized spacial score (nSPS) is 10.2. The molecule has 0 saturated heterocycles. The summed E-state index contributed by atoms with van der Waals surface area (Å²) in [6.07, 6.45) is 2.69. The van der Waals surface area contributed by atoms with Gasteiger partial charge < -0.3 is 15.4 Å². The molecule has 3 aromatic rings. The topological polar surface area (TPSA) is 80.3 Å². The first-order valence-corrected chi connectivity index (χ1v) is 8.62. The number of rotatable bonds is 6. The van der Waals surface area contributed by atoms with Crippen LogP contribution in [0, 0.1) is 5.82 Å². The maximum Gasteiger partial charge on any atom is 0.257 e. The quantitative estimate of drug-likeness (QED) is 0.675. The van der Waals surface area contributed by atoms with E-state index in [1.807, 2.05) is 6.92 Å². The largest absolute Gasteiger partial charge is 0.492 e. The summed E-state index contributed by atoms with van der Waals surface area (Å²) in [5.41, 5.74) is 1.21. The molecule has 0 aliphatic heterocycles. The molecule has 0 radical (unpaired) electrons. The molecule has 0 fully saturated rings. The van der Waals surface area contributed by atoms with Crippen LogP contribution < -0.4 is 15.4 Å². The van der Waals surface area contributed by atoms with Crippen molar-refractivity contribution in [3.05, 3.63) is 83.9 Å². The van der Waals surface area contributed by atoms with Gasteiger partial charge >= 0.3 is 0 Å². The number of carbonyl (C=O) groups is 2. The van der Waals surface area contributed by atoms with Crippen molar-refractivity contribution in [2.75, 3.05) is 17.2 Å². The fraction of sp³-hybridized carbons (Fsp3) is 0.0952. The van der Waals surface area contributed by atoms with Crippen LogP contribution in [0.2, 0.25) is 0 Å². The van der Waals surface area contributed by atoms with Crippen LogP contribution >= 0.6 is 0 Å². The summed E-state index contributed by atoms with van der Waals surface area (Å²) < 4.78 is 18.7. The molecule has 0 aliphatic rings. The lowest BCUT2D eigenvalue weighted by Crippen LogP contribution is -2.16. The van der Waals surface area contributed by atoms with Gasteiger partial charge in [0.2, 0.25) is 0 Å². The minimum absolute atomic E-state index is 0.176. The smallest absolute Gasteiger partial charge is 0.257 e. The summed E-state index contributed by atoms with van der Waals surface area (Å²) >= 11 is 0. The number of carbonyl (C=O) groups excluding carboxylic acids is 2. The van der Waals surface area contributed by atoms with Gasteiger partial charge in [0, 0.05) is 18.1 Å². The van der Waals surface area contributed by atoms with Crippen molar-refractivity contribution in [1.82, 2.24) is 4.98 Å². The number of pyridine rings is 1. The highest BCUT2D eigenvalue weighted by Crippen LogP contribution is 2.24. The number of halogens is 1. The fourth-order valence-electron chi connectivity index (χ4n) is 2.50. The van der Waals surface area contributed by atoms with Gasteiger partial charge in [0.1, 0.15) is 11.6 Å². The van der Waals surface area contributed by atoms with E-state index in [4.69, 9.17) is 4.74 Å². The molecular weight excluding hydrogens is 361 g/mol. The number of hydrogen-bond acceptors (Lipinski definition) is 4. The third kappa shape index (κ3) is 4.70. The summed E-state index contributed by atoms with van der Waals surface area (Å²) in [6, 6.07) is 14.0. The van der Waals surface area contributed by atoms with Gasteiger partial charge in [0.05, 0.1) is 23.4 Å². The van der Waals surface area contributed by atoms with Crippen molar-refractivity contribution in [2.24, 2.45) is 0 Å². The number of nitrogens with zero attached hydrogens (tertiary/aromatic N) is 1. The van der Waals surface area contributed by atoms with Crippen LogP contribution in [-0.4, -0.2) is 23.4 Å². The summed E-state index contributed by atoms with van der Waals surface area (Å²) in [4.78, 5) is 28.9. The first-order valence-electron chi connectivity index (χ1n) is 8.62. The van der Waals surface area contributed by atoms with Gasteiger partial charge in [-0.3, -0.25) is 14.6 Å². The van der Waals surface area contributed by atoms with E-state index < -0.39 is 17.6 Å². The molecular formula is C21H18FN3O3. The van der Waals surface area contributed by atoms with E-state index in [0.29, 0.717) is 23.7 Å². The predicted octanol–water partition coefficient (Wildman–Crippen LogP) is 4.12. The number of nitrogens with one attached hydrogen (secondary N) is 2. The maximum atomic E-state index is 13.3. The van der Waals surface area contributed by atoms with Crippen LogP contribution in [0.1, 0.15) is 27.6 Å². The molecule has 1 heterocycles. The Labute approximate surface area is 161 Å². The predicted molar refractivity (Wildman–Crippen MR) is 104 cm³/mol. The summed E-state index contributed by atoms with van der Waals surface area (Å²) in [5, 5.41) is 5.32. The van der Waals surface area contributed by atoms with Gasteiger partial charge in [-0.2, -0.15) is 0 Å². The lowest BCUT2D eigenvalue weighted by atomic mass is 10.1. The van der Waals surface area contributed by atoms with Gasteiger partial charge in [0.15, 0.2) is 0 Å². The third-order valence-electron chi connectivity index (χ3n) is 3.78. The Bertz CT molecular complexity index is 1010. The number of ether oxygens (including phenoxy) is 1. The van der Waals surface area contributed by atoms with E-state index in [1.165, 1.54) is 36.7 Å². The molecule has 6 nitrogen and oxygen atoms in total. The monoisotopic (exact) mass is 379 g/mol. The number of aromatic nitrogens is 1. The fourth-order valence-corrected chi connectivity index (χ4v) is 2.50. The summed E-state index contributed by atoms with van der Waals surface area (Å²) in [6.45, 7) is 2.31. The Morgan fingerprint density at radius 1 is 0.964 bits per heavy atom. The standard InChI is InChI=1S/C21H18FN3O3/c1-2-28-19-9-4-3-8-18(19)25-21(27)15-10-14(12-23-13-15)20(26)24-17-7-5-6-16(22)11-17/h3-13H,2H2,1H3,(H,24,26)(H,25,27). The molecule has 2 aromatic carbocycles. The molecule has 0 atom stereocenters. The van der Waals surface area contributed by atoms with Crippen molar-refractivity contribution in [3.63, 3.8) is 0 Å². The highest BCUT2D eigenvalue weighted by Gasteiger charge is 2.14. The molecule has 0 saturated carbocycles. The van der Waals surface area contributed by atoms with Crippen molar-refractivity contribution in [3.8, 4) is 5.75 Å². The second-order valence-electron chi connectivity index (χ2n) is 5.81. The summed E-state index contributed by atoms with van der Waals surface area (Å²) in [5.74, 6) is -0.842. The number of hydrogen-bond donors (Lipinski definition) is 2. The van der Waals surface area contributed by atoms with Gasteiger partial charge in [-0.1, -0.05) is 18.2 Å². The zero-order valence-corrected chi connectivity index (χ0v) is 15.1. The minimum Gasteiger partial charge on any atom is -0.492 e. The van der Waals surface area contributed by atoms with E-state index in [2.05, 4.69) is 15.6 Å². The number of benzene rings is 2. The molecule has 142 valence electrons. The molecule has 3 rings (SSSR count). The Morgan fingerprint density at radius 3 is 2.39 bits per heavy atom. The Balaban J connectivity index is 1.75. The number of para-hydroxylation sites is 2. The highest BCUT2D eigenvalue weighted by molar-refractivity contribution is 6.08. The van der Waals surface area contributed by atoms with E-state index in [-0.39, 0.29) is 11.1 Å². The second kappa shape index (κ2) is 8.77. The molecule has 7 heteroatoms. The Kier molecular flexibility index (Phi) is 5.96. The van der Waals surface area contributed by atoms with Gasteiger partial charge in [-0.05, 0) is 43.3 Å². The SMILES string of the molecule is CCOc1ccccc1NC(=O)c1cncc(C(=O)Nc2cccc(F)c2)c1. The van der Waals surface area contributed by atoms with Gasteiger partial charge in [0.25, 0.3) is 11.8 Å². The molecule has 28 heavy (non-hydrogen) atoms. The van der Waals surface area contributed by atoms with E-state index in [1.54, 1.807) is 30.3 Å². The zero-order chi connectivity index (χ0) is 19.9. The maximum absolute atomic E-state index is 13.3. The van der Waals surface area contributed by atoms with Crippen LogP contribution in [0.15, 0.2) is 67.0 Å². The van der Waals surface area contributed by atoms with Gasteiger partial charge in [-0.15, -0.1) is 0 Å². The van der Waals surface area contributed by atoms with Crippen molar-refractivity contribution < 1.29 is 18.7 Å². The van der Waals surface area contributed by atoms with E-state index >= 15 is 0 Å². The van der Waals surface area contributed by atoms with E-state index in [0.717, 1.165) is 0 Å². The first-order chi connectivity index (χ1) is 13.6. The Morgan fingerprint density at radius 2 is 1.68 bits per heavy atom. The minimum atomic E-state index is -0.498. The van der Waals surface area contributed by atoms with Crippen LogP contribution in [0.4, 0.5) is 15.8 Å². The average molecular weight is 379 g/mol. The lowest BCUT2D eigenvalue weighted by Gasteiger charge is -2.11. The molecule has 0 aliphatic carbocycles. The number of amides is 2. The van der Waals surface area contributed by atoms with Crippen LogP contribution in [0.3, 0.4) is 0 Å². The van der Waals surface area contributed by atoms with Crippen LogP contribution in [0.25, 0.3) is 0 Å². The molecule has 2 amide bonds. The zero-order valence-electron chi connectivity index (χ0n) is 15.1. The molecule has 0 bridgehead atoms. The van der Waals surface area contributed by atoms with Gasteiger partial charge in [-0.25, -0.2) is 4.39 Å². The summed E-state index contributed by atoms with van der Waals surface area (Å²) in [7, 11) is 0. The molecule has 2 N–H and O–H groups in total. The molecule has 1 aromatic heterocycles. The van der Waals surface area contributed by atoms with Crippen molar-refractivity contribution in [1.29, 1.82) is 0 Å². The number of anilines is 2. The third-order valence-corrected chi connectivity index (χ3v) is 3.78. The molecule has 0 unspecified atom stereocenters. The average Bonchev–Trinajstić information content (AvgIpc) is 2.70.